The molecule has 1 unspecified atom stereocenters. The predicted molar refractivity (Wildman–Crippen MR) is 76.9 cm³/mol. The first-order valence-corrected chi connectivity index (χ1v) is 8.21. The molecule has 0 bridgehead atoms. The third kappa shape index (κ3) is 2.24. The number of hydrogen-bond donors (Lipinski definition) is 0. The lowest BCUT2D eigenvalue weighted by Crippen LogP contribution is -2.34. The van der Waals surface area contributed by atoms with Gasteiger partial charge in [-0.15, -0.1) is 0 Å². The summed E-state index contributed by atoms with van der Waals surface area (Å²) in [7, 11) is 0. The third-order valence-corrected chi connectivity index (χ3v) is 5.32. The average molecular weight is 276 g/mol. The van der Waals surface area contributed by atoms with Crippen molar-refractivity contribution in [2.45, 2.75) is 82.1 Å². The van der Waals surface area contributed by atoms with Crippen LogP contribution in [0.2, 0.25) is 0 Å². The minimum Gasteiger partial charge on any atom is -0.370 e. The van der Waals surface area contributed by atoms with Crippen LogP contribution in [0, 0.1) is 0 Å². The van der Waals surface area contributed by atoms with Crippen molar-refractivity contribution in [1.29, 1.82) is 0 Å². The molecule has 1 spiro atoms. The summed E-state index contributed by atoms with van der Waals surface area (Å²) in [5.74, 6) is 0. The van der Waals surface area contributed by atoms with Crippen LogP contribution in [-0.4, -0.2) is 20.8 Å². The highest BCUT2D eigenvalue weighted by Crippen LogP contribution is 2.42. The number of rotatable bonds is 3. The van der Waals surface area contributed by atoms with Crippen LogP contribution in [0.25, 0.3) is 0 Å². The van der Waals surface area contributed by atoms with Gasteiger partial charge >= 0.3 is 5.69 Å². The second-order valence-corrected chi connectivity index (χ2v) is 6.89. The average Bonchev–Trinajstić information content (AvgIpc) is 3.15. The Hall–Kier alpha value is -1.03. The van der Waals surface area contributed by atoms with Gasteiger partial charge < -0.3 is 4.74 Å². The number of nitrogens with zero attached hydrogens (tertiary/aromatic N) is 2. The van der Waals surface area contributed by atoms with E-state index in [2.05, 4.69) is 0 Å². The van der Waals surface area contributed by atoms with Crippen molar-refractivity contribution < 1.29 is 4.74 Å². The van der Waals surface area contributed by atoms with Crippen LogP contribution in [0.15, 0.2) is 17.2 Å². The van der Waals surface area contributed by atoms with E-state index in [0.717, 1.165) is 25.8 Å². The Labute approximate surface area is 119 Å². The Morgan fingerprint density at radius 2 is 1.90 bits per heavy atom. The van der Waals surface area contributed by atoms with Crippen LogP contribution in [0.3, 0.4) is 0 Å². The Kier molecular flexibility index (Phi) is 3.02. The topological polar surface area (TPSA) is 36.2 Å². The predicted octanol–water partition coefficient (Wildman–Crippen LogP) is 2.87. The van der Waals surface area contributed by atoms with Crippen molar-refractivity contribution in [3.8, 4) is 0 Å². The van der Waals surface area contributed by atoms with Crippen molar-refractivity contribution in [3.05, 3.63) is 22.9 Å². The highest BCUT2D eigenvalue weighted by Gasteiger charge is 2.41. The fourth-order valence-electron chi connectivity index (χ4n) is 4.01. The zero-order valence-corrected chi connectivity index (χ0v) is 12.1. The standard InChI is InChI=1S/C16H24N2O2/c19-15-17(10-11-18(15)13-4-5-13)12-14-6-9-16(20-14)7-2-1-3-8-16/h10-11,13-14H,1-9,12H2. The molecule has 2 saturated carbocycles. The van der Waals surface area contributed by atoms with Crippen LogP contribution in [-0.2, 0) is 11.3 Å². The third-order valence-electron chi connectivity index (χ3n) is 5.32. The van der Waals surface area contributed by atoms with Gasteiger partial charge in [0.1, 0.15) is 0 Å². The van der Waals surface area contributed by atoms with Gasteiger partial charge in [-0.25, -0.2) is 4.79 Å². The fourth-order valence-corrected chi connectivity index (χ4v) is 4.01. The van der Waals surface area contributed by atoms with E-state index >= 15 is 0 Å². The summed E-state index contributed by atoms with van der Waals surface area (Å²) in [5.41, 5.74) is 0.312. The SMILES string of the molecule is O=c1n(CC2CCC3(CCCCC3)O2)ccn1C1CC1. The Morgan fingerprint density at radius 3 is 2.65 bits per heavy atom. The van der Waals surface area contributed by atoms with Gasteiger partial charge in [0.2, 0.25) is 0 Å². The van der Waals surface area contributed by atoms with Gasteiger partial charge in [0.15, 0.2) is 0 Å². The number of ether oxygens (including phenoxy) is 1. The molecule has 3 fully saturated rings. The van der Waals surface area contributed by atoms with E-state index in [9.17, 15) is 4.79 Å². The van der Waals surface area contributed by atoms with Crippen LogP contribution in [0.4, 0.5) is 0 Å². The van der Waals surface area contributed by atoms with Gasteiger partial charge in [-0.2, -0.15) is 0 Å². The highest BCUT2D eigenvalue weighted by molar-refractivity contribution is 4.94. The van der Waals surface area contributed by atoms with Crippen molar-refractivity contribution in [2.24, 2.45) is 0 Å². The zero-order chi connectivity index (χ0) is 13.6. The zero-order valence-electron chi connectivity index (χ0n) is 12.1. The molecular weight excluding hydrogens is 252 g/mol. The number of aromatic nitrogens is 2. The molecule has 2 aliphatic carbocycles. The summed E-state index contributed by atoms with van der Waals surface area (Å²) < 4.78 is 10.1. The summed E-state index contributed by atoms with van der Waals surface area (Å²) in [4.78, 5) is 12.3. The summed E-state index contributed by atoms with van der Waals surface area (Å²) in [5, 5.41) is 0. The Bertz CT molecular complexity index is 535. The molecule has 110 valence electrons. The van der Waals surface area contributed by atoms with Gasteiger partial charge in [-0.3, -0.25) is 9.13 Å². The molecule has 1 saturated heterocycles. The normalized spacial score (nSPS) is 29.1. The van der Waals surface area contributed by atoms with Gasteiger partial charge in [0.25, 0.3) is 0 Å². The summed E-state index contributed by atoms with van der Waals surface area (Å²) in [6, 6.07) is 0.470. The molecule has 4 heteroatoms. The van der Waals surface area contributed by atoms with E-state index < -0.39 is 0 Å². The van der Waals surface area contributed by atoms with Crippen LogP contribution < -0.4 is 5.69 Å². The quantitative estimate of drug-likeness (QED) is 0.851. The minimum atomic E-state index is 0.153. The van der Waals surface area contributed by atoms with Gasteiger partial charge in [0.05, 0.1) is 18.2 Å². The van der Waals surface area contributed by atoms with Crippen molar-refractivity contribution in [1.82, 2.24) is 9.13 Å². The minimum absolute atomic E-state index is 0.153. The van der Waals surface area contributed by atoms with Crippen LogP contribution >= 0.6 is 0 Å². The number of imidazole rings is 1. The molecule has 1 aromatic rings. The molecule has 0 aromatic carbocycles. The molecule has 3 aliphatic rings. The highest BCUT2D eigenvalue weighted by atomic mass is 16.5. The summed E-state index contributed by atoms with van der Waals surface area (Å²) in [6.45, 7) is 0.736. The number of hydrogen-bond acceptors (Lipinski definition) is 2. The van der Waals surface area contributed by atoms with E-state index in [0.29, 0.717) is 6.04 Å². The first kappa shape index (κ1) is 12.7. The summed E-state index contributed by atoms with van der Waals surface area (Å²) >= 11 is 0. The maximum absolute atomic E-state index is 12.3. The van der Waals surface area contributed by atoms with Crippen molar-refractivity contribution in [3.63, 3.8) is 0 Å². The van der Waals surface area contributed by atoms with Crippen LogP contribution in [0.5, 0.6) is 0 Å². The van der Waals surface area contributed by atoms with E-state index in [1.807, 2.05) is 21.5 Å². The van der Waals surface area contributed by atoms with E-state index in [4.69, 9.17) is 4.74 Å². The molecule has 2 heterocycles. The first-order chi connectivity index (χ1) is 9.76. The molecule has 0 radical (unpaired) electrons. The lowest BCUT2D eigenvalue weighted by atomic mass is 9.83. The van der Waals surface area contributed by atoms with Crippen molar-refractivity contribution >= 4 is 0 Å². The van der Waals surface area contributed by atoms with E-state index in [1.54, 1.807) is 0 Å². The molecule has 0 N–H and O–H groups in total. The monoisotopic (exact) mass is 276 g/mol. The molecule has 20 heavy (non-hydrogen) atoms. The lowest BCUT2D eigenvalue weighted by molar-refractivity contribution is -0.0682. The fraction of sp³-hybridized carbons (Fsp3) is 0.812. The maximum Gasteiger partial charge on any atom is 0.328 e. The first-order valence-electron chi connectivity index (χ1n) is 8.21. The second-order valence-electron chi connectivity index (χ2n) is 6.89. The molecule has 4 rings (SSSR count). The molecule has 0 amide bonds. The molecular formula is C16H24N2O2. The molecule has 1 atom stereocenters. The van der Waals surface area contributed by atoms with Gasteiger partial charge in [0, 0.05) is 18.4 Å². The smallest absolute Gasteiger partial charge is 0.328 e. The lowest BCUT2D eigenvalue weighted by Gasteiger charge is -2.33. The summed E-state index contributed by atoms with van der Waals surface area (Å²) in [6.07, 6.45) is 15.2. The van der Waals surface area contributed by atoms with Crippen LogP contribution in [0.1, 0.15) is 63.8 Å². The van der Waals surface area contributed by atoms with Gasteiger partial charge in [-0.1, -0.05) is 19.3 Å². The molecule has 1 aliphatic heterocycles. The van der Waals surface area contributed by atoms with Gasteiger partial charge in [-0.05, 0) is 38.5 Å². The van der Waals surface area contributed by atoms with E-state index in [-0.39, 0.29) is 17.4 Å². The van der Waals surface area contributed by atoms with E-state index in [1.165, 1.54) is 38.5 Å². The molecule has 4 nitrogen and oxygen atoms in total. The largest absolute Gasteiger partial charge is 0.370 e. The Morgan fingerprint density at radius 1 is 1.10 bits per heavy atom. The maximum atomic E-state index is 12.3. The molecule has 1 aromatic heterocycles. The Balaban J connectivity index is 1.43. The van der Waals surface area contributed by atoms with Crippen molar-refractivity contribution in [2.75, 3.05) is 0 Å². The second kappa shape index (κ2) is 4.76.